The molecule has 0 saturated heterocycles. The number of carbonyl (C=O) groups is 2. The van der Waals surface area contributed by atoms with Crippen LogP contribution in [0.4, 0.5) is 10.1 Å². The molecule has 0 saturated carbocycles. The van der Waals surface area contributed by atoms with E-state index in [-0.39, 0.29) is 19.1 Å². The number of rotatable bonds is 11. The summed E-state index contributed by atoms with van der Waals surface area (Å²) < 4.78 is 25.2. The molecule has 5 aromatic rings. The van der Waals surface area contributed by atoms with Crippen LogP contribution in [0.2, 0.25) is 0 Å². The standard InChI is InChI=1S/C33H30FN3O4/c34-26-10-12-27(13-11-26)37-33(39)29-19-23-7-2-4-9-25(23)21-31(29)41-17-15-36-32(38)28-18-22-6-1-3-8-24(22)20-30(28)40-16-5-14-35/h1-4,6-13,18-21H,5,14-17,35H2,(H,36,38)(H,37,39). The highest BCUT2D eigenvalue weighted by atomic mass is 19.1. The number of nitrogens with one attached hydrogen (secondary N) is 2. The Morgan fingerprint density at radius 3 is 1.76 bits per heavy atom. The first-order chi connectivity index (χ1) is 20.0. The molecular weight excluding hydrogens is 521 g/mol. The highest BCUT2D eigenvalue weighted by Gasteiger charge is 2.17. The Kier molecular flexibility index (Phi) is 8.71. The molecule has 0 radical (unpaired) electrons. The topological polar surface area (TPSA) is 103 Å². The summed E-state index contributed by atoms with van der Waals surface area (Å²) in [6, 6.07) is 28.1. The Balaban J connectivity index is 1.29. The van der Waals surface area contributed by atoms with Crippen molar-refractivity contribution in [2.24, 2.45) is 5.73 Å². The van der Waals surface area contributed by atoms with E-state index in [1.54, 1.807) is 12.1 Å². The lowest BCUT2D eigenvalue weighted by Crippen LogP contribution is -2.29. The fourth-order valence-corrected chi connectivity index (χ4v) is 4.45. The van der Waals surface area contributed by atoms with Gasteiger partial charge in [0, 0.05) is 5.69 Å². The van der Waals surface area contributed by atoms with Crippen molar-refractivity contribution in [2.75, 3.05) is 31.6 Å². The van der Waals surface area contributed by atoms with Crippen LogP contribution in [0.25, 0.3) is 21.5 Å². The number of benzene rings is 5. The molecule has 208 valence electrons. The van der Waals surface area contributed by atoms with E-state index in [0.29, 0.717) is 47.9 Å². The van der Waals surface area contributed by atoms with Crippen LogP contribution in [-0.2, 0) is 0 Å². The Bertz CT molecular complexity index is 1690. The molecule has 7 nitrogen and oxygen atoms in total. The van der Waals surface area contributed by atoms with Gasteiger partial charge < -0.3 is 25.8 Å². The number of amides is 2. The van der Waals surface area contributed by atoms with Gasteiger partial charge in [0.25, 0.3) is 11.8 Å². The van der Waals surface area contributed by atoms with E-state index in [9.17, 15) is 14.0 Å². The second kappa shape index (κ2) is 12.9. The zero-order valence-corrected chi connectivity index (χ0v) is 22.4. The Hall–Kier alpha value is -4.95. The van der Waals surface area contributed by atoms with E-state index in [2.05, 4.69) is 10.6 Å². The van der Waals surface area contributed by atoms with Gasteiger partial charge in [0.1, 0.15) is 23.9 Å². The molecule has 5 aromatic carbocycles. The van der Waals surface area contributed by atoms with Gasteiger partial charge in [-0.25, -0.2) is 4.39 Å². The van der Waals surface area contributed by atoms with Gasteiger partial charge in [-0.05, 0) is 83.0 Å². The molecule has 0 bridgehead atoms. The molecule has 2 amide bonds. The number of halogens is 1. The average Bonchev–Trinajstić information content (AvgIpc) is 2.99. The smallest absolute Gasteiger partial charge is 0.259 e. The van der Waals surface area contributed by atoms with Crippen molar-refractivity contribution in [3.05, 3.63) is 114 Å². The zero-order chi connectivity index (χ0) is 28.6. The molecule has 0 atom stereocenters. The van der Waals surface area contributed by atoms with E-state index in [1.165, 1.54) is 24.3 Å². The second-order valence-electron chi connectivity index (χ2n) is 9.45. The van der Waals surface area contributed by atoms with Crippen LogP contribution in [0.15, 0.2) is 97.1 Å². The summed E-state index contributed by atoms with van der Waals surface area (Å²) in [5.74, 6) is -0.219. The fourth-order valence-electron chi connectivity index (χ4n) is 4.45. The molecule has 0 aliphatic heterocycles. The van der Waals surface area contributed by atoms with E-state index < -0.39 is 11.7 Å². The molecule has 0 spiro atoms. The highest BCUT2D eigenvalue weighted by molar-refractivity contribution is 6.08. The lowest BCUT2D eigenvalue weighted by molar-refractivity contribution is 0.0940. The maximum absolute atomic E-state index is 13.3. The van der Waals surface area contributed by atoms with Gasteiger partial charge in [-0.15, -0.1) is 0 Å². The van der Waals surface area contributed by atoms with Gasteiger partial charge >= 0.3 is 0 Å². The third-order valence-corrected chi connectivity index (χ3v) is 6.54. The lowest BCUT2D eigenvalue weighted by Gasteiger charge is -2.15. The average molecular weight is 552 g/mol. The third kappa shape index (κ3) is 6.80. The number of ether oxygens (including phenoxy) is 2. The van der Waals surface area contributed by atoms with Crippen LogP contribution in [0, 0.1) is 5.82 Å². The van der Waals surface area contributed by atoms with E-state index in [0.717, 1.165) is 21.5 Å². The Morgan fingerprint density at radius 2 is 1.20 bits per heavy atom. The molecule has 8 heteroatoms. The van der Waals surface area contributed by atoms with Crippen LogP contribution in [0.1, 0.15) is 27.1 Å². The normalized spacial score (nSPS) is 10.9. The summed E-state index contributed by atoms with van der Waals surface area (Å²) >= 11 is 0. The van der Waals surface area contributed by atoms with Gasteiger partial charge in [-0.1, -0.05) is 48.5 Å². The Labute approximate surface area is 237 Å². The first kappa shape index (κ1) is 27.6. The minimum Gasteiger partial charge on any atom is -0.493 e. The highest BCUT2D eigenvalue weighted by Crippen LogP contribution is 2.28. The molecule has 0 fully saturated rings. The van der Waals surface area contributed by atoms with Crippen molar-refractivity contribution in [2.45, 2.75) is 6.42 Å². The summed E-state index contributed by atoms with van der Waals surface area (Å²) in [5, 5.41) is 9.34. The van der Waals surface area contributed by atoms with Crippen LogP contribution < -0.4 is 25.8 Å². The number of hydrogen-bond acceptors (Lipinski definition) is 5. The SMILES string of the molecule is NCCCOc1cc2ccccc2cc1C(=O)NCCOc1cc2ccccc2cc1C(=O)Nc1ccc(F)cc1. The van der Waals surface area contributed by atoms with E-state index in [4.69, 9.17) is 15.2 Å². The molecule has 0 aliphatic carbocycles. The van der Waals surface area contributed by atoms with E-state index >= 15 is 0 Å². The minimum atomic E-state index is -0.392. The quantitative estimate of drug-likeness (QED) is 0.177. The van der Waals surface area contributed by atoms with Crippen LogP contribution in [0.3, 0.4) is 0 Å². The second-order valence-corrected chi connectivity index (χ2v) is 9.45. The van der Waals surface area contributed by atoms with Gasteiger partial charge in [-0.3, -0.25) is 9.59 Å². The number of nitrogens with two attached hydrogens (primary N) is 1. The first-order valence-corrected chi connectivity index (χ1v) is 13.4. The fraction of sp³-hybridized carbons (Fsp3) is 0.152. The van der Waals surface area contributed by atoms with Crippen molar-refractivity contribution in [1.82, 2.24) is 5.32 Å². The molecule has 4 N–H and O–H groups in total. The predicted octanol–water partition coefficient (Wildman–Crippen LogP) is 5.92. The van der Waals surface area contributed by atoms with Crippen molar-refractivity contribution in [3.8, 4) is 11.5 Å². The van der Waals surface area contributed by atoms with Crippen molar-refractivity contribution in [1.29, 1.82) is 0 Å². The summed E-state index contributed by atoms with van der Waals surface area (Å²) in [6.07, 6.45) is 0.671. The number of carbonyl (C=O) groups excluding carboxylic acids is 2. The van der Waals surface area contributed by atoms with Crippen LogP contribution in [0.5, 0.6) is 11.5 Å². The monoisotopic (exact) mass is 551 g/mol. The van der Waals surface area contributed by atoms with Gasteiger partial charge in [0.15, 0.2) is 0 Å². The Morgan fingerprint density at radius 1 is 0.683 bits per heavy atom. The molecule has 5 rings (SSSR count). The van der Waals surface area contributed by atoms with Crippen molar-refractivity contribution in [3.63, 3.8) is 0 Å². The minimum absolute atomic E-state index is 0.123. The zero-order valence-electron chi connectivity index (χ0n) is 22.4. The maximum atomic E-state index is 13.3. The third-order valence-electron chi connectivity index (χ3n) is 6.54. The van der Waals surface area contributed by atoms with Crippen LogP contribution in [-0.4, -0.2) is 38.1 Å². The van der Waals surface area contributed by atoms with E-state index in [1.807, 2.05) is 60.7 Å². The number of hydrogen-bond donors (Lipinski definition) is 3. The molecule has 0 heterocycles. The number of anilines is 1. The molecule has 0 aliphatic rings. The largest absolute Gasteiger partial charge is 0.493 e. The summed E-state index contributed by atoms with van der Waals surface area (Å²) in [6.45, 7) is 1.21. The maximum Gasteiger partial charge on any atom is 0.259 e. The summed E-state index contributed by atoms with van der Waals surface area (Å²) in [7, 11) is 0. The van der Waals surface area contributed by atoms with Crippen molar-refractivity contribution < 1.29 is 23.5 Å². The van der Waals surface area contributed by atoms with Crippen LogP contribution >= 0.6 is 0 Å². The summed E-state index contributed by atoms with van der Waals surface area (Å²) in [5.41, 5.74) is 6.81. The van der Waals surface area contributed by atoms with Gasteiger partial charge in [0.2, 0.25) is 0 Å². The lowest BCUT2D eigenvalue weighted by atomic mass is 10.0. The summed E-state index contributed by atoms with van der Waals surface area (Å²) in [4.78, 5) is 26.3. The number of fused-ring (bicyclic) bond motifs is 2. The molecule has 0 aromatic heterocycles. The van der Waals surface area contributed by atoms with Gasteiger partial charge in [-0.2, -0.15) is 0 Å². The van der Waals surface area contributed by atoms with Gasteiger partial charge in [0.05, 0.1) is 24.3 Å². The predicted molar refractivity (Wildman–Crippen MR) is 159 cm³/mol. The van der Waals surface area contributed by atoms with Crippen molar-refractivity contribution >= 4 is 39.0 Å². The molecule has 41 heavy (non-hydrogen) atoms. The molecular formula is C33H30FN3O4. The first-order valence-electron chi connectivity index (χ1n) is 13.4. The molecule has 0 unspecified atom stereocenters.